The Morgan fingerprint density at radius 1 is 1.48 bits per heavy atom. The molecule has 1 aliphatic rings. The molecule has 1 aliphatic heterocycles. The Hall–Kier alpha value is -1.79. The van der Waals surface area contributed by atoms with Crippen molar-refractivity contribution in [2.45, 2.75) is 25.8 Å². The molecule has 4 nitrogen and oxygen atoms in total. The van der Waals surface area contributed by atoms with Crippen molar-refractivity contribution in [1.29, 1.82) is 0 Å². The molecule has 3 rings (SSSR count). The molecular formula is C17H20FN3OS. The van der Waals surface area contributed by atoms with Gasteiger partial charge in [0.1, 0.15) is 15.7 Å². The molecule has 2 heterocycles. The summed E-state index contributed by atoms with van der Waals surface area (Å²) in [5.74, 6) is 0.211. The van der Waals surface area contributed by atoms with Crippen LogP contribution in [0.25, 0.3) is 10.6 Å². The van der Waals surface area contributed by atoms with Crippen molar-refractivity contribution in [2.24, 2.45) is 11.7 Å². The SMILES string of the molecule is CC1CCN(C(=O)c2cnc(-c3ccccc3F)s2)C(CN)C1. The number of rotatable bonds is 3. The van der Waals surface area contributed by atoms with Gasteiger partial charge in [-0.25, -0.2) is 9.37 Å². The Kier molecular flexibility index (Phi) is 4.73. The Balaban J connectivity index is 1.82. The summed E-state index contributed by atoms with van der Waals surface area (Å²) in [6, 6.07) is 6.55. The zero-order valence-electron chi connectivity index (χ0n) is 13.0. The summed E-state index contributed by atoms with van der Waals surface area (Å²) in [4.78, 5) is 19.4. The van der Waals surface area contributed by atoms with Crippen LogP contribution in [0.3, 0.4) is 0 Å². The molecule has 0 bridgehead atoms. The Labute approximate surface area is 139 Å². The maximum atomic E-state index is 13.9. The van der Waals surface area contributed by atoms with Crippen LogP contribution in [-0.2, 0) is 0 Å². The monoisotopic (exact) mass is 333 g/mol. The normalized spacial score (nSPS) is 21.4. The van der Waals surface area contributed by atoms with Crippen LogP contribution in [0.5, 0.6) is 0 Å². The van der Waals surface area contributed by atoms with Crippen LogP contribution >= 0.6 is 11.3 Å². The smallest absolute Gasteiger partial charge is 0.265 e. The topological polar surface area (TPSA) is 59.2 Å². The fraction of sp³-hybridized carbons (Fsp3) is 0.412. The van der Waals surface area contributed by atoms with Gasteiger partial charge in [0.15, 0.2) is 0 Å². The highest BCUT2D eigenvalue weighted by molar-refractivity contribution is 7.16. The van der Waals surface area contributed by atoms with Crippen molar-refractivity contribution in [3.8, 4) is 10.6 Å². The number of piperidine rings is 1. The fourth-order valence-corrected chi connectivity index (χ4v) is 3.92. The van der Waals surface area contributed by atoms with Crippen LogP contribution in [0.15, 0.2) is 30.5 Å². The summed E-state index contributed by atoms with van der Waals surface area (Å²) in [5.41, 5.74) is 6.26. The number of halogens is 1. The second kappa shape index (κ2) is 6.76. The number of carbonyl (C=O) groups is 1. The minimum absolute atomic E-state index is 0.0487. The zero-order chi connectivity index (χ0) is 16.4. The molecule has 2 unspecified atom stereocenters. The third-order valence-electron chi connectivity index (χ3n) is 4.33. The third-order valence-corrected chi connectivity index (χ3v) is 5.35. The molecule has 1 fully saturated rings. The molecule has 2 aromatic rings. The van der Waals surface area contributed by atoms with E-state index in [0.717, 1.165) is 19.4 Å². The summed E-state index contributed by atoms with van der Waals surface area (Å²) in [6.45, 7) is 3.37. The predicted octanol–water partition coefficient (Wildman–Crippen LogP) is 3.15. The molecule has 0 radical (unpaired) electrons. The number of thiazole rings is 1. The third kappa shape index (κ3) is 3.28. The molecule has 2 atom stereocenters. The van der Waals surface area contributed by atoms with Crippen LogP contribution < -0.4 is 5.73 Å². The van der Waals surface area contributed by atoms with Gasteiger partial charge in [0, 0.05) is 24.7 Å². The largest absolute Gasteiger partial charge is 0.334 e. The van der Waals surface area contributed by atoms with Crippen LogP contribution in [0.2, 0.25) is 0 Å². The number of hydrogen-bond acceptors (Lipinski definition) is 4. The first kappa shape index (κ1) is 16.1. The van der Waals surface area contributed by atoms with Crippen LogP contribution in [0.4, 0.5) is 4.39 Å². The number of amides is 1. The minimum Gasteiger partial charge on any atom is -0.334 e. The highest BCUT2D eigenvalue weighted by atomic mass is 32.1. The van der Waals surface area contributed by atoms with E-state index in [4.69, 9.17) is 5.73 Å². The van der Waals surface area contributed by atoms with Gasteiger partial charge in [-0.15, -0.1) is 11.3 Å². The lowest BCUT2D eigenvalue weighted by Crippen LogP contribution is -2.49. The molecular weight excluding hydrogens is 313 g/mol. The average molecular weight is 333 g/mol. The van der Waals surface area contributed by atoms with E-state index in [1.807, 2.05) is 4.90 Å². The highest BCUT2D eigenvalue weighted by Crippen LogP contribution is 2.30. The highest BCUT2D eigenvalue weighted by Gasteiger charge is 2.30. The van der Waals surface area contributed by atoms with Crippen molar-refractivity contribution < 1.29 is 9.18 Å². The van der Waals surface area contributed by atoms with Gasteiger partial charge in [-0.05, 0) is 30.9 Å². The van der Waals surface area contributed by atoms with E-state index in [1.54, 1.807) is 24.4 Å². The lowest BCUT2D eigenvalue weighted by molar-refractivity contribution is 0.0578. The number of aromatic nitrogens is 1. The van der Waals surface area contributed by atoms with Crippen molar-refractivity contribution >= 4 is 17.2 Å². The van der Waals surface area contributed by atoms with E-state index in [-0.39, 0.29) is 17.8 Å². The number of carbonyl (C=O) groups excluding carboxylic acids is 1. The summed E-state index contributed by atoms with van der Waals surface area (Å²) in [5, 5.41) is 0.529. The Morgan fingerprint density at radius 2 is 2.26 bits per heavy atom. The Bertz CT molecular complexity index is 703. The van der Waals surface area contributed by atoms with E-state index >= 15 is 0 Å². The van der Waals surface area contributed by atoms with E-state index < -0.39 is 0 Å². The van der Waals surface area contributed by atoms with Crippen LogP contribution in [0, 0.1) is 11.7 Å². The van der Waals surface area contributed by atoms with Crippen molar-refractivity contribution in [3.05, 3.63) is 41.2 Å². The van der Waals surface area contributed by atoms with Gasteiger partial charge in [-0.2, -0.15) is 0 Å². The van der Waals surface area contributed by atoms with Gasteiger partial charge < -0.3 is 10.6 Å². The molecule has 6 heteroatoms. The van der Waals surface area contributed by atoms with Gasteiger partial charge >= 0.3 is 0 Å². The minimum atomic E-state index is -0.326. The molecule has 1 saturated heterocycles. The maximum Gasteiger partial charge on any atom is 0.265 e. The molecule has 122 valence electrons. The van der Waals surface area contributed by atoms with Crippen molar-refractivity contribution in [3.63, 3.8) is 0 Å². The number of benzene rings is 1. The summed E-state index contributed by atoms with van der Waals surface area (Å²) in [7, 11) is 0. The maximum absolute atomic E-state index is 13.9. The van der Waals surface area contributed by atoms with Gasteiger partial charge in [-0.1, -0.05) is 19.1 Å². The van der Waals surface area contributed by atoms with Gasteiger partial charge in [0.05, 0.1) is 6.20 Å². The average Bonchev–Trinajstić information content (AvgIpc) is 3.04. The fourth-order valence-electron chi connectivity index (χ4n) is 3.02. The number of nitrogens with two attached hydrogens (primary N) is 1. The van der Waals surface area contributed by atoms with Crippen molar-refractivity contribution in [1.82, 2.24) is 9.88 Å². The molecule has 2 N–H and O–H groups in total. The van der Waals surface area contributed by atoms with E-state index in [9.17, 15) is 9.18 Å². The lowest BCUT2D eigenvalue weighted by Gasteiger charge is -2.37. The Morgan fingerprint density at radius 3 is 3.00 bits per heavy atom. The molecule has 0 aliphatic carbocycles. The van der Waals surface area contributed by atoms with E-state index in [2.05, 4.69) is 11.9 Å². The van der Waals surface area contributed by atoms with Gasteiger partial charge in [0.2, 0.25) is 0 Å². The molecule has 0 saturated carbocycles. The summed E-state index contributed by atoms with van der Waals surface area (Å²) in [6.07, 6.45) is 3.46. The predicted molar refractivity (Wildman–Crippen MR) is 89.8 cm³/mol. The first-order chi connectivity index (χ1) is 11.1. The second-order valence-electron chi connectivity index (χ2n) is 6.03. The van der Waals surface area contributed by atoms with Crippen LogP contribution in [0.1, 0.15) is 29.4 Å². The molecule has 1 aromatic heterocycles. The zero-order valence-corrected chi connectivity index (χ0v) is 13.9. The van der Waals surface area contributed by atoms with Gasteiger partial charge in [0.25, 0.3) is 5.91 Å². The molecule has 23 heavy (non-hydrogen) atoms. The standard InChI is InChI=1S/C17H20FN3OS/c1-11-6-7-21(12(8-11)9-19)17(22)15-10-20-16(23-15)13-4-2-3-5-14(13)18/h2-5,10-12H,6-9,19H2,1H3. The number of hydrogen-bond donors (Lipinski definition) is 1. The number of nitrogens with zero attached hydrogens (tertiary/aromatic N) is 2. The molecule has 1 amide bonds. The second-order valence-corrected chi connectivity index (χ2v) is 7.06. The van der Waals surface area contributed by atoms with E-state index in [0.29, 0.717) is 27.9 Å². The van der Waals surface area contributed by atoms with Gasteiger partial charge in [-0.3, -0.25) is 4.79 Å². The molecule has 0 spiro atoms. The summed E-state index contributed by atoms with van der Waals surface area (Å²) < 4.78 is 13.9. The van der Waals surface area contributed by atoms with Crippen LogP contribution in [-0.4, -0.2) is 34.9 Å². The quantitative estimate of drug-likeness (QED) is 0.939. The lowest BCUT2D eigenvalue weighted by atomic mass is 9.92. The summed E-state index contributed by atoms with van der Waals surface area (Å²) >= 11 is 1.23. The first-order valence-corrected chi connectivity index (χ1v) is 8.63. The number of likely N-dealkylation sites (tertiary alicyclic amines) is 1. The molecule has 1 aromatic carbocycles. The van der Waals surface area contributed by atoms with E-state index in [1.165, 1.54) is 17.4 Å². The first-order valence-electron chi connectivity index (χ1n) is 7.82. The van der Waals surface area contributed by atoms with Crippen molar-refractivity contribution in [2.75, 3.05) is 13.1 Å².